The molecule has 2 N–H and O–H groups in total. The van der Waals surface area contributed by atoms with Gasteiger partial charge >= 0.3 is 0 Å². The van der Waals surface area contributed by atoms with Gasteiger partial charge in [-0.3, -0.25) is 4.79 Å². The van der Waals surface area contributed by atoms with Crippen LogP contribution in [0.5, 0.6) is 0 Å². The highest BCUT2D eigenvalue weighted by Crippen LogP contribution is 2.34. The van der Waals surface area contributed by atoms with Crippen LogP contribution in [-0.4, -0.2) is 15.8 Å². The van der Waals surface area contributed by atoms with Gasteiger partial charge in [0.2, 0.25) is 0 Å². The Kier molecular flexibility index (Phi) is 3.95. The van der Waals surface area contributed by atoms with Crippen LogP contribution in [0.3, 0.4) is 0 Å². The minimum Gasteiger partial charge on any atom is -0.364 e. The van der Waals surface area contributed by atoms with E-state index >= 15 is 0 Å². The Morgan fingerprint density at radius 2 is 1.74 bits per heavy atom. The quantitative estimate of drug-likeness (QED) is 0.677. The van der Waals surface area contributed by atoms with E-state index in [1.807, 2.05) is 26.1 Å². The van der Waals surface area contributed by atoms with Crippen molar-refractivity contribution in [1.82, 2.24) is 9.97 Å². The van der Waals surface area contributed by atoms with Gasteiger partial charge in [0.1, 0.15) is 0 Å². The molecular formula is C20H22N2O. The second kappa shape index (κ2) is 5.92. The van der Waals surface area contributed by atoms with Crippen molar-refractivity contribution in [2.24, 2.45) is 0 Å². The molecule has 0 amide bonds. The van der Waals surface area contributed by atoms with Crippen LogP contribution < -0.4 is 0 Å². The van der Waals surface area contributed by atoms with E-state index in [2.05, 4.69) is 47.2 Å². The number of H-pyrrole nitrogens is 2. The number of ketones is 1. The summed E-state index contributed by atoms with van der Waals surface area (Å²) in [4.78, 5) is 18.7. The van der Waals surface area contributed by atoms with Crippen molar-refractivity contribution in [3.63, 3.8) is 0 Å². The third-order valence-electron chi connectivity index (χ3n) is 4.46. The molecule has 2 heterocycles. The Morgan fingerprint density at radius 3 is 2.26 bits per heavy atom. The van der Waals surface area contributed by atoms with E-state index in [4.69, 9.17) is 0 Å². The summed E-state index contributed by atoms with van der Waals surface area (Å²) in [5.74, 6) is 0.175. The van der Waals surface area contributed by atoms with E-state index in [-0.39, 0.29) is 11.7 Å². The van der Waals surface area contributed by atoms with Gasteiger partial charge in [-0.15, -0.1) is 0 Å². The van der Waals surface area contributed by atoms with Crippen molar-refractivity contribution in [1.29, 1.82) is 0 Å². The fourth-order valence-corrected chi connectivity index (χ4v) is 3.38. The number of aromatic nitrogens is 2. The lowest BCUT2D eigenvalue weighted by molar-refractivity contribution is 0.101. The Morgan fingerprint density at radius 1 is 1.04 bits per heavy atom. The third kappa shape index (κ3) is 2.74. The summed E-state index contributed by atoms with van der Waals surface area (Å²) >= 11 is 0. The second-order valence-corrected chi connectivity index (χ2v) is 6.19. The molecule has 0 fully saturated rings. The number of benzene rings is 1. The molecule has 2 aromatic heterocycles. The fraction of sp³-hybridized carbons (Fsp3) is 0.250. The standard InChI is InChI=1S/C20H22N2O/c1-12-7-9-16(10-8-12)19(17-6-5-11-21-17)20-13(2)18(15(4)23)14(3)22-20/h5-11,19,21-22H,1-4H3. The van der Waals surface area contributed by atoms with Gasteiger partial charge in [0.25, 0.3) is 0 Å². The number of carbonyl (C=O) groups is 1. The number of aromatic amines is 2. The Hall–Kier alpha value is -2.55. The molecule has 1 aromatic carbocycles. The third-order valence-corrected chi connectivity index (χ3v) is 4.46. The zero-order valence-corrected chi connectivity index (χ0v) is 14.0. The van der Waals surface area contributed by atoms with Gasteiger partial charge in [0.15, 0.2) is 5.78 Å². The largest absolute Gasteiger partial charge is 0.364 e. The van der Waals surface area contributed by atoms with E-state index in [0.29, 0.717) is 0 Å². The summed E-state index contributed by atoms with van der Waals surface area (Å²) in [6, 6.07) is 12.7. The fourth-order valence-electron chi connectivity index (χ4n) is 3.38. The first kappa shape index (κ1) is 15.3. The maximum atomic E-state index is 12.0. The molecular weight excluding hydrogens is 284 g/mol. The van der Waals surface area contributed by atoms with Gasteiger partial charge in [-0.2, -0.15) is 0 Å². The van der Waals surface area contributed by atoms with Gasteiger partial charge in [0, 0.05) is 28.8 Å². The summed E-state index contributed by atoms with van der Waals surface area (Å²) in [6.45, 7) is 7.71. The van der Waals surface area contributed by atoms with Gasteiger partial charge < -0.3 is 9.97 Å². The minimum atomic E-state index is 0.0670. The molecule has 118 valence electrons. The number of aryl methyl sites for hydroxylation is 2. The number of Topliss-reactive ketones (excluding diaryl/α,β-unsaturated/α-hetero) is 1. The normalized spacial score (nSPS) is 12.3. The zero-order valence-electron chi connectivity index (χ0n) is 14.0. The maximum Gasteiger partial charge on any atom is 0.161 e. The van der Waals surface area contributed by atoms with Crippen LogP contribution in [0.15, 0.2) is 42.6 Å². The molecule has 23 heavy (non-hydrogen) atoms. The first-order valence-electron chi connectivity index (χ1n) is 7.89. The smallest absolute Gasteiger partial charge is 0.161 e. The molecule has 0 spiro atoms. The van der Waals surface area contributed by atoms with Crippen LogP contribution in [0, 0.1) is 20.8 Å². The molecule has 0 saturated heterocycles. The van der Waals surface area contributed by atoms with Crippen LogP contribution in [0.1, 0.15) is 57.0 Å². The summed E-state index contributed by atoms with van der Waals surface area (Å²) in [5.41, 5.74) is 7.43. The summed E-state index contributed by atoms with van der Waals surface area (Å²) in [6.07, 6.45) is 1.94. The number of hydrogen-bond acceptors (Lipinski definition) is 1. The van der Waals surface area contributed by atoms with Crippen molar-refractivity contribution in [2.45, 2.75) is 33.6 Å². The zero-order chi connectivity index (χ0) is 16.6. The van der Waals surface area contributed by atoms with Gasteiger partial charge in [-0.05, 0) is 51.0 Å². The van der Waals surface area contributed by atoms with Gasteiger partial charge in [-0.1, -0.05) is 29.8 Å². The first-order chi connectivity index (χ1) is 11.0. The molecule has 0 radical (unpaired) electrons. The molecule has 3 nitrogen and oxygen atoms in total. The second-order valence-electron chi connectivity index (χ2n) is 6.19. The molecule has 1 unspecified atom stereocenters. The van der Waals surface area contributed by atoms with E-state index in [1.165, 1.54) is 11.1 Å². The first-order valence-corrected chi connectivity index (χ1v) is 7.89. The molecule has 1 atom stereocenters. The SMILES string of the molecule is CC(=O)c1c(C)[nH]c(C(c2ccc(C)cc2)c2ccc[nH]2)c1C. The van der Waals surface area contributed by atoms with Crippen molar-refractivity contribution in [3.05, 3.63) is 81.9 Å². The summed E-state index contributed by atoms with van der Waals surface area (Å²) < 4.78 is 0. The Balaban J connectivity index is 2.19. The van der Waals surface area contributed by atoms with E-state index in [0.717, 1.165) is 28.2 Å². The molecule has 0 aliphatic rings. The highest BCUT2D eigenvalue weighted by Gasteiger charge is 2.25. The average molecular weight is 306 g/mol. The Labute approximate surface area is 136 Å². The predicted octanol–water partition coefficient (Wildman–Crippen LogP) is 4.65. The summed E-state index contributed by atoms with van der Waals surface area (Å²) in [7, 11) is 0. The summed E-state index contributed by atoms with van der Waals surface area (Å²) in [5, 5.41) is 0. The predicted molar refractivity (Wildman–Crippen MR) is 93.2 cm³/mol. The van der Waals surface area contributed by atoms with Crippen LogP contribution in [0.2, 0.25) is 0 Å². The van der Waals surface area contributed by atoms with Gasteiger partial charge in [-0.25, -0.2) is 0 Å². The number of carbonyl (C=O) groups excluding carboxylic acids is 1. The number of rotatable bonds is 4. The monoisotopic (exact) mass is 306 g/mol. The van der Waals surface area contributed by atoms with Crippen LogP contribution in [-0.2, 0) is 0 Å². The van der Waals surface area contributed by atoms with Crippen molar-refractivity contribution in [3.8, 4) is 0 Å². The van der Waals surface area contributed by atoms with Gasteiger partial charge in [0.05, 0.1) is 5.92 Å². The van der Waals surface area contributed by atoms with Crippen LogP contribution in [0.25, 0.3) is 0 Å². The van der Waals surface area contributed by atoms with Crippen molar-refractivity contribution in [2.75, 3.05) is 0 Å². The molecule has 0 bridgehead atoms. The molecule has 0 aliphatic heterocycles. The molecule has 0 aliphatic carbocycles. The van der Waals surface area contributed by atoms with E-state index in [9.17, 15) is 4.79 Å². The molecule has 3 heteroatoms. The lowest BCUT2D eigenvalue weighted by atomic mass is 9.89. The lowest BCUT2D eigenvalue weighted by Crippen LogP contribution is -2.06. The average Bonchev–Trinajstić information content (AvgIpc) is 3.11. The van der Waals surface area contributed by atoms with E-state index < -0.39 is 0 Å². The highest BCUT2D eigenvalue weighted by atomic mass is 16.1. The van der Waals surface area contributed by atoms with E-state index in [1.54, 1.807) is 6.92 Å². The number of nitrogens with one attached hydrogen (secondary N) is 2. The molecule has 3 aromatic rings. The van der Waals surface area contributed by atoms with Crippen LogP contribution >= 0.6 is 0 Å². The minimum absolute atomic E-state index is 0.0670. The lowest BCUT2D eigenvalue weighted by Gasteiger charge is -2.17. The molecule has 0 saturated carbocycles. The number of hydrogen-bond donors (Lipinski definition) is 2. The van der Waals surface area contributed by atoms with Crippen molar-refractivity contribution < 1.29 is 4.79 Å². The highest BCUT2D eigenvalue weighted by molar-refractivity contribution is 5.97. The maximum absolute atomic E-state index is 12.0. The Bertz CT molecular complexity index is 823. The topological polar surface area (TPSA) is 48.6 Å². The molecule has 3 rings (SSSR count). The van der Waals surface area contributed by atoms with Crippen molar-refractivity contribution >= 4 is 5.78 Å². The van der Waals surface area contributed by atoms with Crippen LogP contribution in [0.4, 0.5) is 0 Å².